The molecule has 0 bridgehead atoms. The van der Waals surface area contributed by atoms with Crippen molar-refractivity contribution in [2.24, 2.45) is 5.73 Å². The van der Waals surface area contributed by atoms with Gasteiger partial charge in [-0.2, -0.15) is 0 Å². The number of hydrogen-bond acceptors (Lipinski definition) is 3. The van der Waals surface area contributed by atoms with Crippen LogP contribution in [0.3, 0.4) is 0 Å². The van der Waals surface area contributed by atoms with Crippen LogP contribution in [0.2, 0.25) is 0 Å². The second-order valence-electron chi connectivity index (χ2n) is 4.08. The summed E-state index contributed by atoms with van der Waals surface area (Å²) >= 11 is 4.94. The highest BCUT2D eigenvalue weighted by molar-refractivity contribution is 7.80. The number of ether oxygens (including phenoxy) is 1. The first-order chi connectivity index (χ1) is 8.66. The van der Waals surface area contributed by atoms with Crippen molar-refractivity contribution in [1.29, 1.82) is 0 Å². The summed E-state index contributed by atoms with van der Waals surface area (Å²) in [6, 6.07) is 9.63. The SMILES string of the molecule is Cc1cc(C(N)=S)ccc1COCc1ccco1. The molecule has 18 heavy (non-hydrogen) atoms. The first-order valence-corrected chi connectivity index (χ1v) is 6.07. The number of aryl methyl sites for hydroxylation is 1. The molecule has 0 saturated heterocycles. The molecule has 2 aromatic rings. The van der Waals surface area contributed by atoms with Crippen molar-refractivity contribution in [3.8, 4) is 0 Å². The summed E-state index contributed by atoms with van der Waals surface area (Å²) in [6.45, 7) is 3.04. The van der Waals surface area contributed by atoms with Crippen LogP contribution in [-0.2, 0) is 18.0 Å². The van der Waals surface area contributed by atoms with Gasteiger partial charge in [-0.25, -0.2) is 0 Å². The minimum atomic E-state index is 0.418. The van der Waals surface area contributed by atoms with Gasteiger partial charge >= 0.3 is 0 Å². The largest absolute Gasteiger partial charge is 0.467 e. The number of benzene rings is 1. The van der Waals surface area contributed by atoms with Crippen molar-refractivity contribution in [3.63, 3.8) is 0 Å². The Morgan fingerprint density at radius 1 is 1.33 bits per heavy atom. The van der Waals surface area contributed by atoms with Crippen LogP contribution in [-0.4, -0.2) is 4.99 Å². The average molecular weight is 261 g/mol. The van der Waals surface area contributed by atoms with Crippen LogP contribution in [0, 0.1) is 6.92 Å². The molecule has 2 rings (SSSR count). The van der Waals surface area contributed by atoms with Gasteiger partial charge in [-0.1, -0.05) is 24.4 Å². The van der Waals surface area contributed by atoms with Crippen LogP contribution in [0.15, 0.2) is 41.0 Å². The predicted molar refractivity (Wildman–Crippen MR) is 74.3 cm³/mol. The van der Waals surface area contributed by atoms with Gasteiger partial charge in [0.2, 0.25) is 0 Å². The lowest BCUT2D eigenvalue weighted by Crippen LogP contribution is -2.10. The number of hydrogen-bond donors (Lipinski definition) is 1. The van der Waals surface area contributed by atoms with Gasteiger partial charge < -0.3 is 14.9 Å². The molecule has 1 aromatic carbocycles. The summed E-state index contributed by atoms with van der Waals surface area (Å²) in [5.74, 6) is 0.826. The maximum absolute atomic E-state index is 5.59. The van der Waals surface area contributed by atoms with Crippen molar-refractivity contribution in [2.45, 2.75) is 20.1 Å². The highest BCUT2D eigenvalue weighted by Gasteiger charge is 2.03. The van der Waals surface area contributed by atoms with Gasteiger partial charge in [0.25, 0.3) is 0 Å². The smallest absolute Gasteiger partial charge is 0.129 e. The van der Waals surface area contributed by atoms with Crippen LogP contribution >= 0.6 is 12.2 Å². The van der Waals surface area contributed by atoms with Gasteiger partial charge in [-0.3, -0.25) is 0 Å². The van der Waals surface area contributed by atoms with Crippen LogP contribution in [0.25, 0.3) is 0 Å². The molecule has 0 fully saturated rings. The third-order valence-corrected chi connectivity index (χ3v) is 2.94. The zero-order valence-electron chi connectivity index (χ0n) is 10.2. The summed E-state index contributed by atoms with van der Waals surface area (Å²) in [7, 11) is 0. The molecule has 2 N–H and O–H groups in total. The minimum absolute atomic E-state index is 0.418. The van der Waals surface area contributed by atoms with Gasteiger partial charge in [0.05, 0.1) is 12.9 Å². The molecule has 1 aromatic heterocycles. The topological polar surface area (TPSA) is 48.4 Å². The molecule has 0 unspecified atom stereocenters. The maximum Gasteiger partial charge on any atom is 0.129 e. The van der Waals surface area contributed by atoms with E-state index in [0.29, 0.717) is 18.2 Å². The van der Waals surface area contributed by atoms with Crippen LogP contribution in [0.5, 0.6) is 0 Å². The summed E-state index contributed by atoms with van der Waals surface area (Å²) in [5.41, 5.74) is 8.72. The number of nitrogens with two attached hydrogens (primary N) is 1. The third kappa shape index (κ3) is 3.18. The number of rotatable bonds is 5. The van der Waals surface area contributed by atoms with Gasteiger partial charge in [0.1, 0.15) is 17.4 Å². The number of thiocarbonyl (C=S) groups is 1. The van der Waals surface area contributed by atoms with E-state index in [9.17, 15) is 0 Å². The van der Waals surface area contributed by atoms with Crippen molar-refractivity contribution in [3.05, 3.63) is 59.0 Å². The first kappa shape index (κ1) is 12.8. The van der Waals surface area contributed by atoms with E-state index in [0.717, 1.165) is 22.5 Å². The highest BCUT2D eigenvalue weighted by atomic mass is 32.1. The van der Waals surface area contributed by atoms with E-state index in [4.69, 9.17) is 27.1 Å². The molecule has 1 heterocycles. The summed E-state index contributed by atoms with van der Waals surface area (Å²) in [5, 5.41) is 0. The van der Waals surface area contributed by atoms with E-state index in [2.05, 4.69) is 0 Å². The fourth-order valence-electron chi connectivity index (χ4n) is 1.67. The van der Waals surface area contributed by atoms with E-state index in [1.165, 1.54) is 0 Å². The zero-order valence-corrected chi connectivity index (χ0v) is 11.0. The first-order valence-electron chi connectivity index (χ1n) is 5.66. The Hall–Kier alpha value is -1.65. The molecule has 3 nitrogen and oxygen atoms in total. The van der Waals surface area contributed by atoms with Crippen molar-refractivity contribution < 1.29 is 9.15 Å². The molecule has 0 spiro atoms. The quantitative estimate of drug-likeness (QED) is 0.841. The van der Waals surface area contributed by atoms with Gasteiger partial charge in [-0.05, 0) is 36.2 Å². The molecule has 0 radical (unpaired) electrons. The highest BCUT2D eigenvalue weighted by Crippen LogP contribution is 2.13. The second kappa shape index (κ2) is 5.80. The lowest BCUT2D eigenvalue weighted by Gasteiger charge is -2.08. The van der Waals surface area contributed by atoms with E-state index in [1.807, 2.05) is 37.3 Å². The molecule has 0 aliphatic rings. The average Bonchev–Trinajstić information content (AvgIpc) is 2.84. The van der Waals surface area contributed by atoms with Gasteiger partial charge in [0, 0.05) is 5.56 Å². The summed E-state index contributed by atoms with van der Waals surface area (Å²) < 4.78 is 10.8. The van der Waals surface area contributed by atoms with Crippen LogP contribution in [0.1, 0.15) is 22.5 Å². The Morgan fingerprint density at radius 3 is 2.78 bits per heavy atom. The van der Waals surface area contributed by atoms with Crippen LogP contribution in [0.4, 0.5) is 0 Å². The lowest BCUT2D eigenvalue weighted by molar-refractivity contribution is 0.0926. The molecule has 0 aliphatic carbocycles. The van der Waals surface area contributed by atoms with Crippen LogP contribution < -0.4 is 5.73 Å². The summed E-state index contributed by atoms with van der Waals surface area (Å²) in [6.07, 6.45) is 1.64. The Labute approximate surface area is 112 Å². The Balaban J connectivity index is 1.95. The Morgan fingerprint density at radius 2 is 2.17 bits per heavy atom. The zero-order chi connectivity index (χ0) is 13.0. The molecule has 0 aliphatic heterocycles. The minimum Gasteiger partial charge on any atom is -0.467 e. The molecule has 0 amide bonds. The third-order valence-electron chi connectivity index (χ3n) is 2.71. The second-order valence-corrected chi connectivity index (χ2v) is 4.52. The molecular formula is C14H15NO2S. The van der Waals surface area contributed by atoms with Gasteiger partial charge in [-0.15, -0.1) is 0 Å². The van der Waals surface area contributed by atoms with Gasteiger partial charge in [0.15, 0.2) is 0 Å². The standard InChI is InChI=1S/C14H15NO2S/c1-10-7-11(14(15)18)4-5-12(10)8-16-9-13-3-2-6-17-13/h2-7H,8-9H2,1H3,(H2,15,18). The van der Waals surface area contributed by atoms with E-state index >= 15 is 0 Å². The monoisotopic (exact) mass is 261 g/mol. The normalized spacial score (nSPS) is 10.5. The molecule has 4 heteroatoms. The molecule has 94 valence electrons. The maximum atomic E-state index is 5.59. The predicted octanol–water partition coefficient (Wildman–Crippen LogP) is 2.94. The number of furan rings is 1. The summed E-state index contributed by atoms with van der Waals surface area (Å²) in [4.78, 5) is 0.418. The molecular weight excluding hydrogens is 246 g/mol. The fourth-order valence-corrected chi connectivity index (χ4v) is 1.79. The lowest BCUT2D eigenvalue weighted by atomic mass is 10.1. The van der Waals surface area contributed by atoms with E-state index in [-0.39, 0.29) is 0 Å². The molecule has 0 saturated carbocycles. The molecule has 0 atom stereocenters. The van der Waals surface area contributed by atoms with E-state index in [1.54, 1.807) is 6.26 Å². The fraction of sp³-hybridized carbons (Fsp3) is 0.214. The Bertz CT molecular complexity index is 535. The van der Waals surface area contributed by atoms with Crippen molar-refractivity contribution >= 4 is 17.2 Å². The Kier molecular flexibility index (Phi) is 4.12. The van der Waals surface area contributed by atoms with Crippen molar-refractivity contribution in [1.82, 2.24) is 0 Å². The van der Waals surface area contributed by atoms with Crippen molar-refractivity contribution in [2.75, 3.05) is 0 Å². The van der Waals surface area contributed by atoms with E-state index < -0.39 is 0 Å².